The summed E-state index contributed by atoms with van der Waals surface area (Å²) < 4.78 is 5.22. The van der Waals surface area contributed by atoms with Crippen LogP contribution in [0.15, 0.2) is 41.2 Å². The van der Waals surface area contributed by atoms with Gasteiger partial charge in [-0.1, -0.05) is 18.7 Å². The van der Waals surface area contributed by atoms with Crippen LogP contribution in [-0.2, 0) is 0 Å². The predicted molar refractivity (Wildman–Crippen MR) is 51.9 cm³/mol. The Kier molecular flexibility index (Phi) is 1.96. The number of hydrogen-bond donors (Lipinski definition) is 0. The van der Waals surface area contributed by atoms with Crippen LogP contribution in [0.4, 0.5) is 0 Å². The summed E-state index contributed by atoms with van der Waals surface area (Å²) in [5, 5.41) is 1.00. The van der Waals surface area contributed by atoms with Crippen LogP contribution in [0.25, 0.3) is 17.0 Å². The molecule has 13 heavy (non-hydrogen) atoms. The van der Waals surface area contributed by atoms with E-state index >= 15 is 0 Å². The molecule has 0 aromatic carbocycles. The van der Waals surface area contributed by atoms with Crippen molar-refractivity contribution in [2.75, 3.05) is 0 Å². The number of aromatic nitrogens is 1. The van der Waals surface area contributed by atoms with Gasteiger partial charge in [0.05, 0.1) is 12.0 Å². The summed E-state index contributed by atoms with van der Waals surface area (Å²) in [6, 6.07) is 3.72. The van der Waals surface area contributed by atoms with Crippen LogP contribution in [0.2, 0.25) is 0 Å². The van der Waals surface area contributed by atoms with Crippen LogP contribution in [0, 0.1) is 6.58 Å². The molecular weight excluding hydrogens is 162 g/mol. The Morgan fingerprint density at radius 3 is 3.15 bits per heavy atom. The maximum atomic E-state index is 5.23. The Morgan fingerprint density at radius 1 is 1.38 bits per heavy atom. The van der Waals surface area contributed by atoms with Gasteiger partial charge in [-0.3, -0.25) is 4.98 Å². The first-order valence-electron chi connectivity index (χ1n) is 3.95. The Hall–Kier alpha value is -1.83. The first-order valence-corrected chi connectivity index (χ1v) is 3.95. The second-order valence-electron chi connectivity index (χ2n) is 2.58. The number of fused-ring (bicyclic) bond motifs is 1. The minimum absolute atomic E-state index is 0.840. The lowest BCUT2D eigenvalue weighted by atomic mass is 10.2. The molecule has 2 heteroatoms. The number of furan rings is 1. The van der Waals surface area contributed by atoms with Gasteiger partial charge in [-0.25, -0.2) is 0 Å². The van der Waals surface area contributed by atoms with Crippen LogP contribution in [0.5, 0.6) is 0 Å². The lowest BCUT2D eigenvalue weighted by molar-refractivity contribution is 0.615. The quantitative estimate of drug-likeness (QED) is 0.648. The Labute approximate surface area is 76.2 Å². The normalized spacial score (nSPS) is 11.1. The van der Waals surface area contributed by atoms with Gasteiger partial charge in [-0.15, -0.1) is 0 Å². The second kappa shape index (κ2) is 3.27. The van der Waals surface area contributed by atoms with E-state index in [0.717, 1.165) is 16.7 Å². The number of allylic oxidation sites excluding steroid dienone is 2. The minimum Gasteiger partial charge on any atom is -0.464 e. The van der Waals surface area contributed by atoms with Gasteiger partial charge in [-0.2, -0.15) is 0 Å². The van der Waals surface area contributed by atoms with E-state index < -0.39 is 0 Å². The molecule has 0 atom stereocenters. The molecule has 0 fully saturated rings. The predicted octanol–water partition coefficient (Wildman–Crippen LogP) is 2.83. The zero-order valence-corrected chi connectivity index (χ0v) is 6.97. The van der Waals surface area contributed by atoms with E-state index in [-0.39, 0.29) is 0 Å². The zero-order chi connectivity index (χ0) is 9.10. The maximum Gasteiger partial charge on any atom is 0.137 e. The summed E-state index contributed by atoms with van der Waals surface area (Å²) in [6.07, 6.45) is 8.42. The fourth-order valence-corrected chi connectivity index (χ4v) is 1.20. The van der Waals surface area contributed by atoms with Gasteiger partial charge in [0, 0.05) is 11.6 Å². The third-order valence-corrected chi connectivity index (χ3v) is 1.78. The molecule has 2 aromatic rings. The average Bonchev–Trinajstić information content (AvgIpc) is 2.62. The van der Waals surface area contributed by atoms with Gasteiger partial charge in [-0.05, 0) is 18.2 Å². The average molecular weight is 170 g/mol. The van der Waals surface area contributed by atoms with Gasteiger partial charge in [0.1, 0.15) is 5.58 Å². The fraction of sp³-hybridized carbons (Fsp3) is 0. The highest BCUT2D eigenvalue weighted by Crippen LogP contribution is 2.18. The number of pyridine rings is 1. The molecule has 2 rings (SSSR count). The molecule has 0 bridgehead atoms. The van der Waals surface area contributed by atoms with Crippen molar-refractivity contribution >= 4 is 17.0 Å². The fourth-order valence-electron chi connectivity index (χ4n) is 1.20. The largest absolute Gasteiger partial charge is 0.464 e. The summed E-state index contributed by atoms with van der Waals surface area (Å²) in [6.45, 7) is 5.23. The van der Waals surface area contributed by atoms with E-state index in [1.807, 2.05) is 18.2 Å². The van der Waals surface area contributed by atoms with Crippen LogP contribution in [0.3, 0.4) is 0 Å². The molecule has 0 unspecified atom stereocenters. The number of hydrogen-bond acceptors (Lipinski definition) is 2. The van der Waals surface area contributed by atoms with E-state index in [0.29, 0.717) is 0 Å². The van der Waals surface area contributed by atoms with Crippen LogP contribution in [-0.4, -0.2) is 4.98 Å². The first-order chi connectivity index (χ1) is 6.42. The Balaban J connectivity index is 2.60. The molecule has 2 aromatic heterocycles. The molecule has 1 radical (unpaired) electrons. The summed E-state index contributed by atoms with van der Waals surface area (Å²) in [5.41, 5.74) is 1.71. The third kappa shape index (κ3) is 1.38. The molecule has 0 saturated heterocycles. The van der Waals surface area contributed by atoms with Crippen LogP contribution < -0.4 is 0 Å². The lowest BCUT2D eigenvalue weighted by Gasteiger charge is -1.92. The molecule has 0 N–H and O–H groups in total. The third-order valence-electron chi connectivity index (χ3n) is 1.78. The molecule has 63 valence electrons. The topological polar surface area (TPSA) is 26.0 Å². The van der Waals surface area contributed by atoms with Crippen LogP contribution in [0.1, 0.15) is 5.69 Å². The van der Waals surface area contributed by atoms with Crippen LogP contribution >= 0.6 is 0 Å². The molecular formula is C11H8NO. The molecule has 2 heterocycles. The highest BCUT2D eigenvalue weighted by Gasteiger charge is 1.99. The maximum absolute atomic E-state index is 5.23. The molecule has 0 spiro atoms. The monoisotopic (exact) mass is 170 g/mol. The zero-order valence-electron chi connectivity index (χ0n) is 6.97. The Bertz CT molecular complexity index is 454. The smallest absolute Gasteiger partial charge is 0.137 e. The molecule has 0 aliphatic heterocycles. The molecule has 2 nitrogen and oxygen atoms in total. The first kappa shape index (κ1) is 7.80. The van der Waals surface area contributed by atoms with Crippen molar-refractivity contribution in [3.8, 4) is 0 Å². The van der Waals surface area contributed by atoms with Gasteiger partial charge in [0.25, 0.3) is 0 Å². The Morgan fingerprint density at radius 2 is 2.31 bits per heavy atom. The molecule has 0 saturated carbocycles. The van der Waals surface area contributed by atoms with Crippen molar-refractivity contribution in [3.05, 3.63) is 49.0 Å². The number of nitrogens with zero attached hydrogens (tertiary/aromatic N) is 1. The molecule has 0 aliphatic rings. The molecule has 0 aliphatic carbocycles. The van der Waals surface area contributed by atoms with E-state index in [9.17, 15) is 0 Å². The minimum atomic E-state index is 0.840. The van der Waals surface area contributed by atoms with Crippen molar-refractivity contribution in [2.45, 2.75) is 0 Å². The van der Waals surface area contributed by atoms with Gasteiger partial charge in [0.2, 0.25) is 0 Å². The summed E-state index contributed by atoms with van der Waals surface area (Å²) in [5.74, 6) is 0. The summed E-state index contributed by atoms with van der Waals surface area (Å²) in [7, 11) is 0. The summed E-state index contributed by atoms with van der Waals surface area (Å²) in [4.78, 5) is 4.19. The standard InChI is InChI=1S/C11H8NO/c1-2-3-4-10-9-6-8-13-11(9)5-7-12-10/h1-8H. The number of rotatable bonds is 2. The van der Waals surface area contributed by atoms with E-state index in [2.05, 4.69) is 4.98 Å². The van der Waals surface area contributed by atoms with Gasteiger partial charge in [0.15, 0.2) is 0 Å². The van der Waals surface area contributed by atoms with Gasteiger partial charge < -0.3 is 4.42 Å². The second-order valence-corrected chi connectivity index (χ2v) is 2.58. The van der Waals surface area contributed by atoms with Crippen molar-refractivity contribution in [3.63, 3.8) is 0 Å². The molecule has 0 amide bonds. The van der Waals surface area contributed by atoms with Gasteiger partial charge >= 0.3 is 0 Å². The SMILES string of the molecule is [CH]=CC=Cc1nccc2occc12. The van der Waals surface area contributed by atoms with Crippen molar-refractivity contribution in [1.29, 1.82) is 0 Å². The van der Waals surface area contributed by atoms with E-state index in [1.165, 1.54) is 6.08 Å². The van der Waals surface area contributed by atoms with Crippen molar-refractivity contribution in [2.24, 2.45) is 0 Å². The highest BCUT2D eigenvalue weighted by molar-refractivity contribution is 5.84. The lowest BCUT2D eigenvalue weighted by Crippen LogP contribution is -1.78. The summed E-state index contributed by atoms with van der Waals surface area (Å²) >= 11 is 0. The highest BCUT2D eigenvalue weighted by atomic mass is 16.3. The van der Waals surface area contributed by atoms with E-state index in [4.69, 9.17) is 11.0 Å². The van der Waals surface area contributed by atoms with E-state index in [1.54, 1.807) is 18.5 Å². The van der Waals surface area contributed by atoms with Crippen molar-refractivity contribution < 1.29 is 4.42 Å². The van der Waals surface area contributed by atoms with Crippen molar-refractivity contribution in [1.82, 2.24) is 4.98 Å².